The molecule has 1 N–H and O–H groups in total. The quantitative estimate of drug-likeness (QED) is 0.309. The molecule has 31 heavy (non-hydrogen) atoms. The number of hydrogen-bond donors (Lipinski definition) is 1. The molecule has 2 aromatic carbocycles. The van der Waals surface area contributed by atoms with Gasteiger partial charge in [0.05, 0.1) is 17.4 Å². The first kappa shape index (κ1) is 21.6. The number of ketones is 1. The van der Waals surface area contributed by atoms with E-state index in [9.17, 15) is 29.3 Å². The third-order valence-corrected chi connectivity index (χ3v) is 4.81. The van der Waals surface area contributed by atoms with Gasteiger partial charge in [-0.3, -0.25) is 39.7 Å². The lowest BCUT2D eigenvalue weighted by Crippen LogP contribution is -2.43. The van der Waals surface area contributed by atoms with Gasteiger partial charge in [-0.05, 0) is 18.6 Å². The predicted molar refractivity (Wildman–Crippen MR) is 107 cm³/mol. The predicted octanol–water partition coefficient (Wildman–Crippen LogP) is 1.82. The molecule has 1 aliphatic rings. The fourth-order valence-corrected chi connectivity index (χ4v) is 3.11. The van der Waals surface area contributed by atoms with E-state index in [0.717, 1.165) is 16.6 Å². The summed E-state index contributed by atoms with van der Waals surface area (Å²) in [7, 11) is 0. The summed E-state index contributed by atoms with van der Waals surface area (Å²) in [6.07, 6.45) is -0.169. The highest BCUT2D eigenvalue weighted by Crippen LogP contribution is 2.19. The fourth-order valence-electron chi connectivity index (χ4n) is 3.11. The number of Topliss-reactive ketones (excluding diaryl/α,β-unsaturated/α-hetero) is 1. The molecular formula is C21H19N3O7. The molecule has 0 aliphatic carbocycles. The smallest absolute Gasteiger partial charge is 0.311 e. The highest BCUT2D eigenvalue weighted by molar-refractivity contribution is 5.99. The molecule has 1 aliphatic heterocycles. The summed E-state index contributed by atoms with van der Waals surface area (Å²) in [5.74, 6) is -3.14. The first-order valence-corrected chi connectivity index (χ1v) is 9.37. The van der Waals surface area contributed by atoms with Crippen LogP contribution in [0, 0.1) is 23.0 Å². The topological polar surface area (TPSA) is 136 Å². The number of carbonyl (C=O) groups excluding carboxylic acids is 4. The van der Waals surface area contributed by atoms with Crippen LogP contribution < -0.4 is 5.43 Å². The highest BCUT2D eigenvalue weighted by Gasteiger charge is 2.37. The summed E-state index contributed by atoms with van der Waals surface area (Å²) in [6, 6.07) is 11.9. The zero-order chi connectivity index (χ0) is 22.5. The van der Waals surface area contributed by atoms with Crippen LogP contribution in [0.5, 0.6) is 0 Å². The molecule has 0 saturated carbocycles. The van der Waals surface area contributed by atoms with Crippen LogP contribution in [0.25, 0.3) is 0 Å². The number of amides is 2. The maximum atomic E-state index is 12.4. The van der Waals surface area contributed by atoms with E-state index in [4.69, 9.17) is 4.74 Å². The Morgan fingerprint density at radius 2 is 1.94 bits per heavy atom. The molecule has 0 aromatic heterocycles. The lowest BCUT2D eigenvalue weighted by atomic mass is 10.1. The number of nitro benzene ring substituents is 1. The van der Waals surface area contributed by atoms with E-state index in [1.54, 1.807) is 31.2 Å². The van der Waals surface area contributed by atoms with E-state index in [1.165, 1.54) is 18.2 Å². The third-order valence-electron chi connectivity index (χ3n) is 4.81. The molecule has 1 saturated heterocycles. The second-order valence-corrected chi connectivity index (χ2v) is 7.00. The van der Waals surface area contributed by atoms with Gasteiger partial charge < -0.3 is 4.74 Å². The molecule has 10 heteroatoms. The third kappa shape index (κ3) is 5.10. The minimum atomic E-state index is -0.845. The number of carbonyl (C=O) groups is 4. The van der Waals surface area contributed by atoms with Crippen LogP contribution in [0.4, 0.5) is 5.69 Å². The van der Waals surface area contributed by atoms with Crippen LogP contribution in [0.15, 0.2) is 48.5 Å². The van der Waals surface area contributed by atoms with Gasteiger partial charge in [0.25, 0.3) is 11.6 Å². The number of nitrogens with one attached hydrogen (secondary N) is 1. The van der Waals surface area contributed by atoms with Crippen molar-refractivity contribution >= 4 is 29.3 Å². The minimum absolute atomic E-state index is 0.0385. The van der Waals surface area contributed by atoms with Gasteiger partial charge in [0, 0.05) is 29.7 Å². The van der Waals surface area contributed by atoms with Gasteiger partial charge >= 0.3 is 5.97 Å². The number of nitrogens with zero attached hydrogens (tertiary/aromatic N) is 2. The van der Waals surface area contributed by atoms with Gasteiger partial charge in [0.1, 0.15) is 0 Å². The molecule has 0 radical (unpaired) electrons. The van der Waals surface area contributed by atoms with Crippen molar-refractivity contribution in [1.29, 1.82) is 0 Å². The molecule has 160 valence electrons. The van der Waals surface area contributed by atoms with E-state index in [1.807, 2.05) is 0 Å². The maximum absolute atomic E-state index is 12.4. The Hall–Kier alpha value is -4.08. The average Bonchev–Trinajstić information content (AvgIpc) is 3.12. The number of ether oxygens (including phenoxy) is 1. The molecule has 0 spiro atoms. The van der Waals surface area contributed by atoms with Crippen molar-refractivity contribution < 1.29 is 28.8 Å². The van der Waals surface area contributed by atoms with Gasteiger partial charge in [0.15, 0.2) is 6.61 Å². The van der Waals surface area contributed by atoms with E-state index >= 15 is 0 Å². The lowest BCUT2D eigenvalue weighted by Gasteiger charge is -2.18. The largest absolute Gasteiger partial charge is 0.457 e. The second kappa shape index (κ2) is 9.16. The van der Waals surface area contributed by atoms with Crippen molar-refractivity contribution in [1.82, 2.24) is 10.4 Å². The Kier molecular flexibility index (Phi) is 6.39. The van der Waals surface area contributed by atoms with Crippen molar-refractivity contribution in [2.45, 2.75) is 13.3 Å². The Labute approximate surface area is 176 Å². The number of rotatable bonds is 7. The molecule has 1 heterocycles. The second-order valence-electron chi connectivity index (χ2n) is 7.00. The van der Waals surface area contributed by atoms with Crippen LogP contribution in [-0.4, -0.2) is 46.7 Å². The first-order chi connectivity index (χ1) is 14.8. The molecule has 0 unspecified atom stereocenters. The number of non-ortho nitro benzene ring substituents is 1. The molecule has 3 rings (SSSR count). The van der Waals surface area contributed by atoms with Gasteiger partial charge in [-0.25, -0.2) is 0 Å². The van der Waals surface area contributed by atoms with Crippen molar-refractivity contribution in [2.24, 2.45) is 5.92 Å². The van der Waals surface area contributed by atoms with Crippen molar-refractivity contribution in [3.05, 3.63) is 75.3 Å². The maximum Gasteiger partial charge on any atom is 0.311 e. The summed E-state index contributed by atoms with van der Waals surface area (Å²) in [5.41, 5.74) is 3.42. The van der Waals surface area contributed by atoms with E-state index in [-0.39, 0.29) is 24.2 Å². The van der Waals surface area contributed by atoms with Crippen molar-refractivity contribution in [2.75, 3.05) is 13.2 Å². The van der Waals surface area contributed by atoms with E-state index in [0.29, 0.717) is 5.56 Å². The number of esters is 1. The van der Waals surface area contributed by atoms with Gasteiger partial charge in [0.2, 0.25) is 11.7 Å². The van der Waals surface area contributed by atoms with Crippen LogP contribution >= 0.6 is 0 Å². The molecule has 2 amide bonds. The zero-order valence-corrected chi connectivity index (χ0v) is 16.6. The molecule has 1 fully saturated rings. The Morgan fingerprint density at radius 1 is 1.19 bits per heavy atom. The van der Waals surface area contributed by atoms with Crippen molar-refractivity contribution in [3.63, 3.8) is 0 Å². The normalized spacial score (nSPS) is 15.5. The molecule has 1 atom stereocenters. The molecule has 0 bridgehead atoms. The SMILES string of the molecule is Cc1ccccc1C(=O)NN1C[C@@H](C(=O)OCC(=O)c2cccc([N+](=O)[O-])c2)CC1=O. The van der Waals surface area contributed by atoms with E-state index < -0.39 is 41.0 Å². The Balaban J connectivity index is 1.55. The Morgan fingerprint density at radius 3 is 2.65 bits per heavy atom. The lowest BCUT2D eigenvalue weighted by molar-refractivity contribution is -0.384. The Bertz CT molecular complexity index is 1070. The first-order valence-electron chi connectivity index (χ1n) is 9.37. The standard InChI is InChI=1S/C21H19N3O7/c1-13-5-2-3-8-17(13)20(27)22-23-11-15(10-19(23)26)21(28)31-12-18(25)14-6-4-7-16(9-14)24(29)30/h2-9,15H,10-12H2,1H3,(H,22,27)/t15-/m0/s1. The van der Waals surface area contributed by atoms with Crippen molar-refractivity contribution in [3.8, 4) is 0 Å². The van der Waals surface area contributed by atoms with Gasteiger partial charge in [-0.1, -0.05) is 30.3 Å². The van der Waals surface area contributed by atoms with Crippen LogP contribution in [-0.2, 0) is 14.3 Å². The zero-order valence-electron chi connectivity index (χ0n) is 16.6. The van der Waals surface area contributed by atoms with Crippen LogP contribution in [0.2, 0.25) is 0 Å². The molecular weight excluding hydrogens is 406 g/mol. The summed E-state index contributed by atoms with van der Waals surface area (Å²) < 4.78 is 5.00. The fraction of sp³-hybridized carbons (Fsp3) is 0.238. The van der Waals surface area contributed by atoms with Crippen LogP contribution in [0.3, 0.4) is 0 Å². The molecule has 10 nitrogen and oxygen atoms in total. The summed E-state index contributed by atoms with van der Waals surface area (Å²) in [5, 5.41) is 11.9. The number of hydrazine groups is 1. The number of aryl methyl sites for hydroxylation is 1. The minimum Gasteiger partial charge on any atom is -0.457 e. The number of nitro groups is 1. The van der Waals surface area contributed by atoms with Gasteiger partial charge in [-0.15, -0.1) is 0 Å². The summed E-state index contributed by atoms with van der Waals surface area (Å²) in [4.78, 5) is 59.2. The van der Waals surface area contributed by atoms with Crippen LogP contribution in [0.1, 0.15) is 32.7 Å². The number of benzene rings is 2. The summed E-state index contributed by atoms with van der Waals surface area (Å²) in [6.45, 7) is 1.07. The number of hydrogen-bond acceptors (Lipinski definition) is 7. The van der Waals surface area contributed by atoms with Gasteiger partial charge in [-0.2, -0.15) is 0 Å². The highest BCUT2D eigenvalue weighted by atomic mass is 16.6. The summed E-state index contributed by atoms with van der Waals surface area (Å²) >= 11 is 0. The monoisotopic (exact) mass is 425 g/mol. The molecule has 2 aromatic rings. The average molecular weight is 425 g/mol. The van der Waals surface area contributed by atoms with E-state index in [2.05, 4.69) is 5.43 Å².